The van der Waals surface area contributed by atoms with Gasteiger partial charge in [0, 0.05) is 13.1 Å². The Labute approximate surface area is 237 Å². The van der Waals surface area contributed by atoms with Crippen LogP contribution >= 0.6 is 13.5 Å². The van der Waals surface area contributed by atoms with Gasteiger partial charge in [-0.2, -0.15) is 13.5 Å². The predicted octanol–water partition coefficient (Wildman–Crippen LogP) is 4.96. The molecule has 0 spiro atoms. The topological polar surface area (TPSA) is 77.9 Å². The van der Waals surface area contributed by atoms with Crippen molar-refractivity contribution >= 4 is 31.3 Å². The molecule has 2 amide bonds. The molecule has 6 nitrogen and oxygen atoms in total. The molecule has 1 atom stereocenters. The maximum Gasteiger partial charge on any atom is 0.328 e. The number of rotatable bonds is 6. The first-order valence-electron chi connectivity index (χ1n) is 13.5. The number of piperazine rings is 1. The zero-order chi connectivity index (χ0) is 26.5. The summed E-state index contributed by atoms with van der Waals surface area (Å²) in [6.07, 6.45) is 4.38. The Bertz CT molecular complexity index is 1220. The van der Waals surface area contributed by atoms with Crippen molar-refractivity contribution in [3.05, 3.63) is 108 Å². The highest BCUT2D eigenvalue weighted by atomic mass is 32.1. The largest absolute Gasteiger partial charge is 0.480 e. The summed E-state index contributed by atoms with van der Waals surface area (Å²) in [7, 11) is 0. The lowest BCUT2D eigenvalue weighted by atomic mass is 9.68. The van der Waals surface area contributed by atoms with Crippen LogP contribution in [0, 0.1) is 0 Å². The number of hydrogen-bond acceptors (Lipinski definition) is 3. The van der Waals surface area contributed by atoms with E-state index in [2.05, 4.69) is 0 Å². The number of amides is 2. The van der Waals surface area contributed by atoms with Gasteiger partial charge in [-0.05, 0) is 29.5 Å². The molecule has 1 saturated heterocycles. The van der Waals surface area contributed by atoms with Crippen LogP contribution in [0.3, 0.4) is 0 Å². The van der Waals surface area contributed by atoms with Crippen LogP contribution in [0.1, 0.15) is 54.7 Å². The molecular formula is C32H36N2O4S. The number of carboxylic acids is 1. The van der Waals surface area contributed by atoms with E-state index in [9.17, 15) is 19.5 Å². The van der Waals surface area contributed by atoms with Crippen molar-refractivity contribution in [2.45, 2.75) is 49.5 Å². The van der Waals surface area contributed by atoms with E-state index in [4.69, 9.17) is 0 Å². The molecule has 0 unspecified atom stereocenters. The van der Waals surface area contributed by atoms with Gasteiger partial charge in [-0.3, -0.25) is 9.59 Å². The Kier molecular flexibility index (Phi) is 9.12. The van der Waals surface area contributed by atoms with Crippen LogP contribution in [0.15, 0.2) is 91.0 Å². The summed E-state index contributed by atoms with van der Waals surface area (Å²) in [5.41, 5.74) is 1.97. The molecule has 1 saturated carbocycles. The molecular weight excluding hydrogens is 508 g/mol. The Hall–Kier alpha value is -3.58. The zero-order valence-electron chi connectivity index (χ0n) is 22.0. The molecule has 0 radical (unpaired) electrons. The van der Waals surface area contributed by atoms with Crippen molar-refractivity contribution in [2.24, 2.45) is 0 Å². The maximum atomic E-state index is 14.2. The summed E-state index contributed by atoms with van der Waals surface area (Å²) >= 11 is 0. The molecule has 3 aromatic rings. The molecule has 2 fully saturated rings. The van der Waals surface area contributed by atoms with E-state index in [0.29, 0.717) is 19.4 Å². The van der Waals surface area contributed by atoms with Crippen molar-refractivity contribution in [2.75, 3.05) is 19.6 Å². The van der Waals surface area contributed by atoms with Crippen LogP contribution in [0.4, 0.5) is 0 Å². The molecule has 0 aromatic heterocycles. The molecule has 1 aliphatic carbocycles. The van der Waals surface area contributed by atoms with E-state index < -0.39 is 23.3 Å². The van der Waals surface area contributed by atoms with Gasteiger partial charge in [-0.15, -0.1) is 0 Å². The number of nitrogens with zero attached hydrogens (tertiary/aromatic N) is 2. The van der Waals surface area contributed by atoms with Gasteiger partial charge in [0.1, 0.15) is 6.04 Å². The third-order valence-corrected chi connectivity index (χ3v) is 8.19. The van der Waals surface area contributed by atoms with Gasteiger partial charge in [0.25, 0.3) is 0 Å². The molecule has 204 valence electrons. The fraction of sp³-hybridized carbons (Fsp3) is 0.344. The normalized spacial score (nSPS) is 18.7. The minimum absolute atomic E-state index is 0. The second-order valence-corrected chi connectivity index (χ2v) is 10.4. The Morgan fingerprint density at radius 1 is 0.744 bits per heavy atom. The van der Waals surface area contributed by atoms with E-state index in [1.807, 2.05) is 91.0 Å². The van der Waals surface area contributed by atoms with Crippen molar-refractivity contribution in [3.63, 3.8) is 0 Å². The van der Waals surface area contributed by atoms with Crippen LogP contribution in [0.5, 0.6) is 0 Å². The van der Waals surface area contributed by atoms with E-state index in [1.165, 1.54) is 4.90 Å². The Morgan fingerprint density at radius 3 is 1.77 bits per heavy atom. The van der Waals surface area contributed by atoms with Gasteiger partial charge in [-0.1, -0.05) is 110 Å². The number of carboxylic acid groups (broad SMARTS) is 1. The molecule has 1 heterocycles. The Morgan fingerprint density at radius 2 is 1.26 bits per heavy atom. The van der Waals surface area contributed by atoms with Crippen molar-refractivity contribution in [1.82, 2.24) is 9.80 Å². The maximum absolute atomic E-state index is 14.2. The fourth-order valence-corrected chi connectivity index (χ4v) is 6.20. The van der Waals surface area contributed by atoms with E-state index in [1.54, 1.807) is 4.90 Å². The summed E-state index contributed by atoms with van der Waals surface area (Å²) in [5.74, 6) is -1.88. The summed E-state index contributed by atoms with van der Waals surface area (Å²) in [4.78, 5) is 43.9. The van der Waals surface area contributed by atoms with Gasteiger partial charge >= 0.3 is 5.97 Å². The van der Waals surface area contributed by atoms with Crippen LogP contribution in [-0.4, -0.2) is 58.4 Å². The second kappa shape index (κ2) is 12.5. The number of hydrogen-bond donors (Lipinski definition) is 1. The predicted molar refractivity (Wildman–Crippen MR) is 156 cm³/mol. The van der Waals surface area contributed by atoms with Crippen LogP contribution in [0.25, 0.3) is 0 Å². The van der Waals surface area contributed by atoms with Crippen molar-refractivity contribution in [1.29, 1.82) is 0 Å². The van der Waals surface area contributed by atoms with Gasteiger partial charge in [0.05, 0.1) is 17.9 Å². The van der Waals surface area contributed by atoms with Crippen molar-refractivity contribution < 1.29 is 19.5 Å². The minimum atomic E-state index is -1.09. The Balaban J connectivity index is 0.00000353. The molecule has 3 aromatic carbocycles. The summed E-state index contributed by atoms with van der Waals surface area (Å²) in [6, 6.07) is 27.9. The van der Waals surface area contributed by atoms with E-state index >= 15 is 0 Å². The highest BCUT2D eigenvalue weighted by Gasteiger charge is 2.48. The molecule has 39 heavy (non-hydrogen) atoms. The summed E-state index contributed by atoms with van der Waals surface area (Å²) < 4.78 is 0. The monoisotopic (exact) mass is 544 g/mol. The van der Waals surface area contributed by atoms with Crippen LogP contribution < -0.4 is 0 Å². The van der Waals surface area contributed by atoms with Gasteiger partial charge in [0.2, 0.25) is 11.8 Å². The highest BCUT2D eigenvalue weighted by molar-refractivity contribution is 7.59. The third-order valence-electron chi connectivity index (χ3n) is 8.19. The number of carbonyl (C=O) groups is 3. The molecule has 5 rings (SSSR count). The first-order valence-corrected chi connectivity index (χ1v) is 13.5. The van der Waals surface area contributed by atoms with Gasteiger partial charge in [-0.25, -0.2) is 4.79 Å². The average Bonchev–Trinajstić information content (AvgIpc) is 2.98. The van der Waals surface area contributed by atoms with Crippen molar-refractivity contribution in [3.8, 4) is 0 Å². The smallest absolute Gasteiger partial charge is 0.328 e. The summed E-state index contributed by atoms with van der Waals surface area (Å²) in [5, 5.41) is 10.3. The second-order valence-electron chi connectivity index (χ2n) is 10.4. The molecule has 2 aliphatic rings. The number of aliphatic carboxylic acids is 1. The van der Waals surface area contributed by atoms with E-state index in [0.717, 1.165) is 36.0 Å². The average molecular weight is 545 g/mol. The summed E-state index contributed by atoms with van der Waals surface area (Å²) in [6.45, 7) is 0.475. The minimum Gasteiger partial charge on any atom is -0.480 e. The molecule has 1 N–H and O–H groups in total. The zero-order valence-corrected chi connectivity index (χ0v) is 23.0. The van der Waals surface area contributed by atoms with E-state index in [-0.39, 0.29) is 38.4 Å². The third kappa shape index (κ3) is 5.74. The molecule has 0 bridgehead atoms. The standard InChI is InChI=1S/C32H34N2O4.H2S/c35-29(28(24-13-5-1-6-14-24)25-15-7-2-8-16-25)33-21-22-34(27(23-33)30(36)37)31(38)32(19-11-4-12-20-32)26-17-9-3-10-18-26;/h1-3,5-10,13-18,27-28H,4,11-12,19-23H2,(H,36,37);1H2/t27-;/m0./s1. The first kappa shape index (κ1) is 28.4. The molecule has 7 heteroatoms. The van der Waals surface area contributed by atoms with Crippen LogP contribution in [-0.2, 0) is 19.8 Å². The lowest BCUT2D eigenvalue weighted by Gasteiger charge is -2.46. The van der Waals surface area contributed by atoms with Crippen LogP contribution in [0.2, 0.25) is 0 Å². The fourth-order valence-electron chi connectivity index (χ4n) is 6.20. The quantitative estimate of drug-likeness (QED) is 0.476. The molecule has 1 aliphatic heterocycles. The highest BCUT2D eigenvalue weighted by Crippen LogP contribution is 2.42. The number of benzene rings is 3. The lowest BCUT2D eigenvalue weighted by Crippen LogP contribution is -2.63. The van der Waals surface area contributed by atoms with Gasteiger partial charge in [0.15, 0.2) is 0 Å². The SMILES string of the molecule is O=C(O)[C@@H]1CN(C(=O)C(c2ccccc2)c2ccccc2)CCN1C(=O)C1(c2ccccc2)CCCCC1.S. The van der Waals surface area contributed by atoms with Gasteiger partial charge < -0.3 is 14.9 Å². The number of carbonyl (C=O) groups excluding carboxylic acids is 2. The lowest BCUT2D eigenvalue weighted by molar-refractivity contribution is -0.159. The first-order chi connectivity index (χ1) is 18.5.